The molecule has 0 radical (unpaired) electrons. The lowest BCUT2D eigenvalue weighted by atomic mass is 9.89. The first-order chi connectivity index (χ1) is 11.1. The fourth-order valence-corrected chi connectivity index (χ4v) is 2.65. The minimum absolute atomic E-state index is 0.0635. The largest absolute Gasteiger partial charge is 0.355 e. The van der Waals surface area contributed by atoms with Gasteiger partial charge in [-0.05, 0) is 29.8 Å². The Morgan fingerprint density at radius 3 is 3.00 bits per heavy atom. The van der Waals surface area contributed by atoms with Crippen LogP contribution in [0.1, 0.15) is 23.6 Å². The van der Waals surface area contributed by atoms with Gasteiger partial charge in [0, 0.05) is 37.0 Å². The molecule has 2 N–H and O–H groups in total. The van der Waals surface area contributed by atoms with Crippen LogP contribution >= 0.6 is 0 Å². The maximum absolute atomic E-state index is 13.3. The third-order valence-electron chi connectivity index (χ3n) is 3.78. The molecular weight excluding hydrogens is 297 g/mol. The molecule has 1 aromatic heterocycles. The van der Waals surface area contributed by atoms with Crippen molar-refractivity contribution in [3.8, 4) is 0 Å². The van der Waals surface area contributed by atoms with E-state index in [1.807, 2.05) is 18.2 Å². The molecule has 1 aliphatic heterocycles. The number of benzene rings is 1. The van der Waals surface area contributed by atoms with Gasteiger partial charge < -0.3 is 10.6 Å². The van der Waals surface area contributed by atoms with Gasteiger partial charge in [-0.25, -0.2) is 4.39 Å². The molecule has 118 valence electrons. The van der Waals surface area contributed by atoms with E-state index >= 15 is 0 Å². The van der Waals surface area contributed by atoms with Crippen LogP contribution in [0, 0.1) is 5.82 Å². The average Bonchev–Trinajstić information content (AvgIpc) is 2.54. The Morgan fingerprint density at radius 1 is 1.35 bits per heavy atom. The molecule has 0 bridgehead atoms. The summed E-state index contributed by atoms with van der Waals surface area (Å²) in [5.74, 6) is -1.56. The first-order valence-corrected chi connectivity index (χ1v) is 7.40. The number of halogens is 1. The minimum Gasteiger partial charge on any atom is -0.355 e. The number of amides is 2. The van der Waals surface area contributed by atoms with Crippen molar-refractivity contribution in [1.82, 2.24) is 10.3 Å². The molecule has 23 heavy (non-hydrogen) atoms. The lowest BCUT2D eigenvalue weighted by Crippen LogP contribution is -2.36. The summed E-state index contributed by atoms with van der Waals surface area (Å²) in [6.07, 6.45) is 2.38. The Hall–Kier alpha value is -2.76. The van der Waals surface area contributed by atoms with E-state index < -0.39 is 11.7 Å². The zero-order valence-corrected chi connectivity index (χ0v) is 12.4. The Labute approximate surface area is 132 Å². The van der Waals surface area contributed by atoms with E-state index in [1.54, 1.807) is 12.3 Å². The van der Waals surface area contributed by atoms with Gasteiger partial charge in [0.05, 0.1) is 5.92 Å². The van der Waals surface area contributed by atoms with Gasteiger partial charge in [-0.3, -0.25) is 14.6 Å². The molecule has 1 aromatic carbocycles. The van der Waals surface area contributed by atoms with Crippen molar-refractivity contribution < 1.29 is 14.0 Å². The number of rotatable bonds is 4. The SMILES string of the molecule is O=C1CC(C(=O)NCCc2ccccn2)c2ccc(F)cc2N1. The molecule has 1 atom stereocenters. The van der Waals surface area contributed by atoms with Gasteiger partial charge in [0.2, 0.25) is 11.8 Å². The van der Waals surface area contributed by atoms with Crippen LogP contribution in [-0.4, -0.2) is 23.3 Å². The maximum Gasteiger partial charge on any atom is 0.228 e. The second-order valence-electron chi connectivity index (χ2n) is 5.40. The third-order valence-corrected chi connectivity index (χ3v) is 3.78. The molecule has 2 heterocycles. The molecule has 3 rings (SSSR count). The van der Waals surface area contributed by atoms with Crippen LogP contribution in [0.3, 0.4) is 0 Å². The third kappa shape index (κ3) is 3.53. The van der Waals surface area contributed by atoms with Crippen LogP contribution in [0.25, 0.3) is 0 Å². The minimum atomic E-state index is -0.594. The van der Waals surface area contributed by atoms with E-state index in [4.69, 9.17) is 0 Å². The van der Waals surface area contributed by atoms with Crippen LogP contribution in [0.4, 0.5) is 10.1 Å². The summed E-state index contributed by atoms with van der Waals surface area (Å²) in [7, 11) is 0. The fourth-order valence-electron chi connectivity index (χ4n) is 2.65. The summed E-state index contributed by atoms with van der Waals surface area (Å²) in [6, 6.07) is 9.69. The van der Waals surface area contributed by atoms with Gasteiger partial charge in [-0.1, -0.05) is 12.1 Å². The predicted molar refractivity (Wildman–Crippen MR) is 83.3 cm³/mol. The Kier molecular flexibility index (Phi) is 4.32. The number of nitrogens with zero attached hydrogens (tertiary/aromatic N) is 1. The van der Waals surface area contributed by atoms with E-state index in [-0.39, 0.29) is 18.2 Å². The second-order valence-corrected chi connectivity index (χ2v) is 5.40. The molecule has 0 saturated heterocycles. The number of carbonyl (C=O) groups is 2. The predicted octanol–water partition coefficient (Wildman–Crippen LogP) is 2.01. The molecule has 0 aliphatic carbocycles. The van der Waals surface area contributed by atoms with E-state index in [1.165, 1.54) is 12.1 Å². The highest BCUT2D eigenvalue weighted by molar-refractivity contribution is 6.01. The Morgan fingerprint density at radius 2 is 2.22 bits per heavy atom. The van der Waals surface area contributed by atoms with Gasteiger partial charge in [0.15, 0.2) is 0 Å². The van der Waals surface area contributed by atoms with Crippen molar-refractivity contribution in [2.45, 2.75) is 18.8 Å². The van der Waals surface area contributed by atoms with Crippen molar-refractivity contribution in [1.29, 1.82) is 0 Å². The van der Waals surface area contributed by atoms with Gasteiger partial charge in [0.1, 0.15) is 5.82 Å². The molecular formula is C17H16FN3O2. The number of aromatic nitrogens is 1. The monoisotopic (exact) mass is 313 g/mol. The van der Waals surface area contributed by atoms with Gasteiger partial charge in [-0.2, -0.15) is 0 Å². The molecule has 0 saturated carbocycles. The molecule has 2 aromatic rings. The van der Waals surface area contributed by atoms with E-state index in [9.17, 15) is 14.0 Å². The number of hydrogen-bond acceptors (Lipinski definition) is 3. The van der Waals surface area contributed by atoms with Crippen molar-refractivity contribution in [2.75, 3.05) is 11.9 Å². The first-order valence-electron chi connectivity index (χ1n) is 7.40. The summed E-state index contributed by atoms with van der Waals surface area (Å²) >= 11 is 0. The van der Waals surface area contributed by atoms with E-state index in [2.05, 4.69) is 15.6 Å². The number of anilines is 1. The number of carbonyl (C=O) groups excluding carboxylic acids is 2. The molecule has 0 fully saturated rings. The summed E-state index contributed by atoms with van der Waals surface area (Å²) in [6.45, 7) is 0.435. The lowest BCUT2D eigenvalue weighted by molar-refractivity contribution is -0.126. The highest BCUT2D eigenvalue weighted by atomic mass is 19.1. The summed E-state index contributed by atoms with van der Waals surface area (Å²) in [4.78, 5) is 28.3. The molecule has 0 spiro atoms. The number of pyridine rings is 1. The summed E-state index contributed by atoms with van der Waals surface area (Å²) < 4.78 is 13.3. The topological polar surface area (TPSA) is 71.1 Å². The zero-order valence-electron chi connectivity index (χ0n) is 12.4. The van der Waals surface area contributed by atoms with Gasteiger partial charge >= 0.3 is 0 Å². The first kappa shape index (κ1) is 15.1. The maximum atomic E-state index is 13.3. The standard InChI is InChI=1S/C17H16FN3O2/c18-11-4-5-13-14(10-16(22)21-15(13)9-11)17(23)20-8-6-12-3-1-2-7-19-12/h1-5,7,9,14H,6,8,10H2,(H,20,23)(H,21,22). The Balaban J connectivity index is 1.67. The van der Waals surface area contributed by atoms with Crippen LogP contribution < -0.4 is 10.6 Å². The quantitative estimate of drug-likeness (QED) is 0.907. The molecule has 6 heteroatoms. The zero-order chi connectivity index (χ0) is 16.2. The smallest absolute Gasteiger partial charge is 0.228 e. The molecule has 1 unspecified atom stereocenters. The fraction of sp³-hybridized carbons (Fsp3) is 0.235. The van der Waals surface area contributed by atoms with Crippen molar-refractivity contribution in [3.05, 3.63) is 59.7 Å². The van der Waals surface area contributed by atoms with Gasteiger partial charge in [-0.15, -0.1) is 0 Å². The Bertz CT molecular complexity index is 734. The van der Waals surface area contributed by atoms with Crippen LogP contribution in [-0.2, 0) is 16.0 Å². The summed E-state index contributed by atoms with van der Waals surface area (Å²) in [5, 5.41) is 5.42. The van der Waals surface area contributed by atoms with Crippen LogP contribution in [0.5, 0.6) is 0 Å². The van der Waals surface area contributed by atoms with Crippen LogP contribution in [0.2, 0.25) is 0 Å². The second kappa shape index (κ2) is 6.56. The number of hydrogen-bond donors (Lipinski definition) is 2. The van der Waals surface area contributed by atoms with Crippen molar-refractivity contribution in [2.24, 2.45) is 0 Å². The number of fused-ring (bicyclic) bond motifs is 1. The average molecular weight is 313 g/mol. The lowest BCUT2D eigenvalue weighted by Gasteiger charge is -2.24. The number of nitrogens with one attached hydrogen (secondary N) is 2. The highest BCUT2D eigenvalue weighted by Gasteiger charge is 2.30. The van der Waals surface area contributed by atoms with Crippen LogP contribution in [0.15, 0.2) is 42.6 Å². The molecule has 2 amide bonds. The van der Waals surface area contributed by atoms with Crippen molar-refractivity contribution >= 4 is 17.5 Å². The molecule has 1 aliphatic rings. The molecule has 5 nitrogen and oxygen atoms in total. The highest BCUT2D eigenvalue weighted by Crippen LogP contribution is 2.32. The van der Waals surface area contributed by atoms with E-state index in [0.29, 0.717) is 24.2 Å². The van der Waals surface area contributed by atoms with Gasteiger partial charge in [0.25, 0.3) is 0 Å². The van der Waals surface area contributed by atoms with Crippen molar-refractivity contribution in [3.63, 3.8) is 0 Å². The summed E-state index contributed by atoms with van der Waals surface area (Å²) in [5.41, 5.74) is 1.89. The van der Waals surface area contributed by atoms with E-state index in [0.717, 1.165) is 5.69 Å². The normalized spacial score (nSPS) is 16.4.